The zero-order valence-corrected chi connectivity index (χ0v) is 29.9. The van der Waals surface area contributed by atoms with E-state index in [1.165, 1.54) is 31.2 Å². The van der Waals surface area contributed by atoms with Gasteiger partial charge in [-0.25, -0.2) is 5.43 Å². The van der Waals surface area contributed by atoms with Crippen LogP contribution >= 0.6 is 0 Å². The smallest absolute Gasteiger partial charge is 0.278 e. The maximum Gasteiger partial charge on any atom is 0.278 e. The fraction of sp³-hybridized carbons (Fsp3) is 0.333. The normalized spacial score (nSPS) is 14.9. The lowest BCUT2D eigenvalue weighted by molar-refractivity contribution is -0.385. The number of hydrogen-bond acceptors (Lipinski definition) is 9. The van der Waals surface area contributed by atoms with Crippen molar-refractivity contribution < 1.29 is 33.6 Å². The van der Waals surface area contributed by atoms with Crippen molar-refractivity contribution in [2.24, 2.45) is 0 Å². The SMILES string of the molecule is CNC(=O)CCCOc1cc([N+](=O)[O-])c(C(C)NNC(=O)[C@@H]2CCCN2C(=O)[C@H](Cc2ccccc2)NC(=O)c2ccc3ccccc3c2)cc1OC. The molecule has 4 aromatic carbocycles. The van der Waals surface area contributed by atoms with Crippen molar-refractivity contribution in [3.8, 4) is 11.5 Å². The Morgan fingerprint density at radius 2 is 1.70 bits per heavy atom. The second kappa shape index (κ2) is 18.0. The van der Waals surface area contributed by atoms with Crippen LogP contribution in [0.5, 0.6) is 11.5 Å². The molecule has 1 aliphatic rings. The average Bonchev–Trinajstić information content (AvgIpc) is 3.68. The third-order valence-electron chi connectivity index (χ3n) is 9.21. The van der Waals surface area contributed by atoms with Crippen LogP contribution < -0.4 is 31.0 Å². The Bertz CT molecular complexity index is 1960. The Kier molecular flexibility index (Phi) is 12.9. The van der Waals surface area contributed by atoms with E-state index in [0.717, 1.165) is 16.3 Å². The lowest BCUT2D eigenvalue weighted by Gasteiger charge is -2.29. The van der Waals surface area contributed by atoms with E-state index < -0.39 is 34.9 Å². The van der Waals surface area contributed by atoms with Crippen LogP contribution in [0.2, 0.25) is 0 Å². The van der Waals surface area contributed by atoms with E-state index in [9.17, 15) is 29.3 Å². The van der Waals surface area contributed by atoms with E-state index in [-0.39, 0.29) is 54.0 Å². The number of ether oxygens (including phenoxy) is 2. The number of hydrazine groups is 1. The molecule has 4 aromatic rings. The molecule has 0 saturated carbocycles. The van der Waals surface area contributed by atoms with Crippen LogP contribution in [0.4, 0.5) is 5.69 Å². The Labute approximate surface area is 307 Å². The van der Waals surface area contributed by atoms with Crippen molar-refractivity contribution in [1.82, 2.24) is 26.4 Å². The Hall–Kier alpha value is -6.02. The molecule has 1 heterocycles. The van der Waals surface area contributed by atoms with Gasteiger partial charge in [-0.3, -0.25) is 34.7 Å². The van der Waals surface area contributed by atoms with Crippen molar-refractivity contribution in [1.29, 1.82) is 0 Å². The summed E-state index contributed by atoms with van der Waals surface area (Å²) in [4.78, 5) is 65.8. The van der Waals surface area contributed by atoms with E-state index in [4.69, 9.17) is 9.47 Å². The van der Waals surface area contributed by atoms with Crippen molar-refractivity contribution in [2.45, 2.75) is 57.2 Å². The summed E-state index contributed by atoms with van der Waals surface area (Å²) in [6.07, 6.45) is 1.82. The number of nitro groups is 1. The summed E-state index contributed by atoms with van der Waals surface area (Å²) in [6, 6.07) is 22.6. The number of benzene rings is 4. The number of carbonyl (C=O) groups is 4. The van der Waals surface area contributed by atoms with E-state index in [1.807, 2.05) is 60.7 Å². The molecule has 1 unspecified atom stereocenters. The molecule has 4 amide bonds. The summed E-state index contributed by atoms with van der Waals surface area (Å²) >= 11 is 0. The van der Waals surface area contributed by atoms with E-state index in [1.54, 1.807) is 19.1 Å². The first-order valence-electron chi connectivity index (χ1n) is 17.5. The molecule has 0 aliphatic carbocycles. The summed E-state index contributed by atoms with van der Waals surface area (Å²) < 4.78 is 11.1. The molecule has 1 fully saturated rings. The number of rotatable bonds is 16. The first kappa shape index (κ1) is 38.2. The van der Waals surface area contributed by atoms with E-state index >= 15 is 0 Å². The monoisotopic (exact) mass is 724 g/mol. The summed E-state index contributed by atoms with van der Waals surface area (Å²) in [5, 5.41) is 19.4. The van der Waals surface area contributed by atoms with Gasteiger partial charge in [0.2, 0.25) is 11.8 Å². The molecule has 14 heteroatoms. The fourth-order valence-electron chi connectivity index (χ4n) is 6.35. The number of fused-ring (bicyclic) bond motifs is 1. The van der Waals surface area contributed by atoms with Crippen LogP contribution in [0.25, 0.3) is 10.8 Å². The van der Waals surface area contributed by atoms with Gasteiger partial charge in [-0.15, -0.1) is 0 Å². The predicted molar refractivity (Wildman–Crippen MR) is 198 cm³/mol. The number of hydrogen-bond donors (Lipinski definition) is 4. The molecule has 5 rings (SSSR count). The fourth-order valence-corrected chi connectivity index (χ4v) is 6.35. The Balaban J connectivity index is 1.28. The van der Waals surface area contributed by atoms with Crippen molar-refractivity contribution in [3.05, 3.63) is 112 Å². The molecule has 0 aromatic heterocycles. The molecule has 0 spiro atoms. The first-order valence-corrected chi connectivity index (χ1v) is 17.5. The van der Waals surface area contributed by atoms with Gasteiger partial charge in [-0.05, 0) is 60.7 Å². The largest absolute Gasteiger partial charge is 0.493 e. The number of amides is 4. The van der Waals surface area contributed by atoms with Crippen LogP contribution in [-0.2, 0) is 20.8 Å². The minimum atomic E-state index is -0.948. The summed E-state index contributed by atoms with van der Waals surface area (Å²) in [6.45, 7) is 2.10. The van der Waals surface area contributed by atoms with Gasteiger partial charge in [-0.2, -0.15) is 0 Å². The van der Waals surface area contributed by atoms with Crippen LogP contribution in [0.3, 0.4) is 0 Å². The van der Waals surface area contributed by atoms with Crippen molar-refractivity contribution >= 4 is 40.1 Å². The van der Waals surface area contributed by atoms with Gasteiger partial charge < -0.3 is 25.0 Å². The molecule has 3 atom stereocenters. The van der Waals surface area contributed by atoms with Gasteiger partial charge in [0, 0.05) is 32.0 Å². The number of likely N-dealkylation sites (tertiary alicyclic amines) is 1. The topological polar surface area (TPSA) is 181 Å². The number of carbonyl (C=O) groups excluding carboxylic acids is 4. The average molecular weight is 725 g/mol. The third-order valence-corrected chi connectivity index (χ3v) is 9.21. The number of nitrogens with zero attached hydrogens (tertiary/aromatic N) is 2. The van der Waals surface area contributed by atoms with Gasteiger partial charge in [0.25, 0.3) is 17.5 Å². The summed E-state index contributed by atoms with van der Waals surface area (Å²) in [7, 11) is 2.94. The molecule has 14 nitrogen and oxygen atoms in total. The molecule has 278 valence electrons. The highest BCUT2D eigenvalue weighted by molar-refractivity contribution is 6.01. The maximum absolute atomic E-state index is 14.2. The highest BCUT2D eigenvalue weighted by Gasteiger charge is 2.38. The van der Waals surface area contributed by atoms with Gasteiger partial charge in [0.05, 0.1) is 36.3 Å². The number of nitrogens with one attached hydrogen (secondary N) is 4. The van der Waals surface area contributed by atoms with Gasteiger partial charge >= 0.3 is 0 Å². The summed E-state index contributed by atoms with van der Waals surface area (Å²) in [5.41, 5.74) is 6.73. The zero-order chi connectivity index (χ0) is 37.9. The van der Waals surface area contributed by atoms with E-state index in [2.05, 4.69) is 21.5 Å². The molecule has 1 saturated heterocycles. The standard InChI is InChI=1S/C39H44N6O8/c1-25(30-23-34(52-3)35(24-33(30)45(50)51)53-20-10-16-36(46)40-2)42-43-38(48)32-15-9-19-44(32)39(49)31(21-26-11-5-4-6-12-26)41-37(47)29-18-17-27-13-7-8-14-28(27)22-29/h4-8,11-14,17-18,22-25,31-32,42H,9-10,15-16,19-21H2,1-3H3,(H,40,46)(H,41,47)(H,43,48)/t25?,31-,32-/m0/s1. The van der Waals surface area contributed by atoms with Crippen LogP contribution in [-0.4, -0.2) is 72.8 Å². The molecule has 1 aliphatic heterocycles. The lowest BCUT2D eigenvalue weighted by atomic mass is 10.0. The predicted octanol–water partition coefficient (Wildman–Crippen LogP) is 4.38. The minimum absolute atomic E-state index is 0.139. The second-order valence-corrected chi connectivity index (χ2v) is 12.8. The lowest BCUT2D eigenvalue weighted by Crippen LogP contribution is -2.55. The number of nitro benzene ring substituents is 1. The van der Waals surface area contributed by atoms with E-state index in [0.29, 0.717) is 31.4 Å². The highest BCUT2D eigenvalue weighted by atomic mass is 16.6. The highest BCUT2D eigenvalue weighted by Crippen LogP contribution is 2.37. The van der Waals surface area contributed by atoms with Crippen LogP contribution in [0, 0.1) is 10.1 Å². The quantitative estimate of drug-likeness (QED) is 0.0741. The Morgan fingerprint density at radius 3 is 2.42 bits per heavy atom. The molecular weight excluding hydrogens is 680 g/mol. The molecule has 0 radical (unpaired) electrons. The first-order chi connectivity index (χ1) is 25.6. The third kappa shape index (κ3) is 9.65. The van der Waals surface area contributed by atoms with Crippen LogP contribution in [0.15, 0.2) is 84.9 Å². The second-order valence-electron chi connectivity index (χ2n) is 12.8. The molecule has 4 N–H and O–H groups in total. The van der Waals surface area contributed by atoms with Crippen LogP contribution in [0.1, 0.15) is 60.1 Å². The van der Waals surface area contributed by atoms with Gasteiger partial charge in [-0.1, -0.05) is 60.7 Å². The Morgan fingerprint density at radius 1 is 0.962 bits per heavy atom. The molecule has 0 bridgehead atoms. The molecule has 53 heavy (non-hydrogen) atoms. The minimum Gasteiger partial charge on any atom is -0.493 e. The summed E-state index contributed by atoms with van der Waals surface area (Å²) in [5.74, 6) is -1.04. The van der Waals surface area contributed by atoms with Crippen molar-refractivity contribution in [3.63, 3.8) is 0 Å². The van der Waals surface area contributed by atoms with Crippen molar-refractivity contribution in [2.75, 3.05) is 27.3 Å². The maximum atomic E-state index is 14.2. The number of methoxy groups -OCH3 is 1. The van der Waals surface area contributed by atoms with Gasteiger partial charge in [0.15, 0.2) is 11.5 Å². The zero-order valence-electron chi connectivity index (χ0n) is 29.9. The molecular formula is C39H44N6O8. The van der Waals surface area contributed by atoms with Gasteiger partial charge in [0.1, 0.15) is 12.1 Å².